The van der Waals surface area contributed by atoms with Gasteiger partial charge in [0.05, 0.1) is 23.1 Å². The summed E-state index contributed by atoms with van der Waals surface area (Å²) in [4.78, 5) is 43.4. The Bertz CT molecular complexity index is 1220. The summed E-state index contributed by atoms with van der Waals surface area (Å²) in [5.74, 6) is 0.220. The van der Waals surface area contributed by atoms with Gasteiger partial charge in [0.2, 0.25) is 17.7 Å². The first-order valence-electron chi connectivity index (χ1n) is 8.97. The van der Waals surface area contributed by atoms with Crippen molar-refractivity contribution in [3.8, 4) is 0 Å². The maximum absolute atomic E-state index is 12.8. The van der Waals surface area contributed by atoms with Gasteiger partial charge in [-0.15, -0.1) is 11.3 Å². The molecule has 4 heterocycles. The smallest absolute Gasteiger partial charge is 0.295 e. The Morgan fingerprint density at radius 1 is 1.07 bits per heavy atom. The number of nitrogens with one attached hydrogen (secondary N) is 1. The van der Waals surface area contributed by atoms with Gasteiger partial charge >= 0.3 is 0 Å². The van der Waals surface area contributed by atoms with Crippen LogP contribution in [0.15, 0.2) is 48.1 Å². The van der Waals surface area contributed by atoms with Crippen molar-refractivity contribution in [3.05, 3.63) is 59.6 Å². The number of nitrogens with zero attached hydrogens (tertiary/aromatic N) is 6. The zero-order valence-corrected chi connectivity index (χ0v) is 16.0. The summed E-state index contributed by atoms with van der Waals surface area (Å²) in [5.41, 5.74) is 2.50. The van der Waals surface area contributed by atoms with Gasteiger partial charge in [-0.05, 0) is 18.2 Å². The molecule has 0 saturated heterocycles. The minimum absolute atomic E-state index is 0.0660. The Labute approximate surface area is 169 Å². The third kappa shape index (κ3) is 3.23. The van der Waals surface area contributed by atoms with Gasteiger partial charge in [-0.3, -0.25) is 19.8 Å². The van der Waals surface area contributed by atoms with Crippen LogP contribution in [0, 0.1) is 0 Å². The topological polar surface area (TPSA) is 106 Å². The third-order valence-corrected chi connectivity index (χ3v) is 5.40. The van der Waals surface area contributed by atoms with Gasteiger partial charge in [0.1, 0.15) is 0 Å². The average molecular weight is 405 g/mol. The number of benzene rings is 1. The number of hydrogen-bond acceptors (Lipinski definition) is 7. The van der Waals surface area contributed by atoms with E-state index in [9.17, 15) is 9.59 Å². The lowest BCUT2D eigenvalue weighted by molar-refractivity contribution is -0.117. The molecule has 0 bridgehead atoms. The zero-order chi connectivity index (χ0) is 19.8. The monoisotopic (exact) mass is 405 g/mol. The molecule has 29 heavy (non-hydrogen) atoms. The van der Waals surface area contributed by atoms with Gasteiger partial charge < -0.3 is 4.57 Å². The minimum Gasteiger partial charge on any atom is -0.308 e. The molecule has 144 valence electrons. The van der Waals surface area contributed by atoms with Gasteiger partial charge in [0.25, 0.3) is 5.91 Å². The first-order valence-corrected chi connectivity index (χ1v) is 9.85. The lowest BCUT2D eigenvalue weighted by atomic mass is 10.3. The molecule has 0 aliphatic carbocycles. The van der Waals surface area contributed by atoms with Crippen molar-refractivity contribution in [3.63, 3.8) is 0 Å². The van der Waals surface area contributed by atoms with Gasteiger partial charge in [-0.2, -0.15) is 0 Å². The van der Waals surface area contributed by atoms with Crippen LogP contribution in [0.3, 0.4) is 0 Å². The largest absolute Gasteiger partial charge is 0.308 e. The second kappa shape index (κ2) is 7.06. The molecule has 0 saturated carbocycles. The van der Waals surface area contributed by atoms with E-state index in [0.29, 0.717) is 23.3 Å². The van der Waals surface area contributed by atoms with Gasteiger partial charge in [0.15, 0.2) is 5.13 Å². The number of anilines is 2. The Morgan fingerprint density at radius 3 is 2.76 bits per heavy atom. The number of thiazole rings is 1. The van der Waals surface area contributed by atoms with Crippen molar-refractivity contribution in [2.45, 2.75) is 13.0 Å². The van der Waals surface area contributed by atoms with Crippen molar-refractivity contribution in [2.75, 3.05) is 16.8 Å². The zero-order valence-electron chi connectivity index (χ0n) is 15.1. The fourth-order valence-electron chi connectivity index (χ4n) is 3.29. The predicted octanol–water partition coefficient (Wildman–Crippen LogP) is 2.12. The Morgan fingerprint density at radius 2 is 1.90 bits per heavy atom. The summed E-state index contributed by atoms with van der Waals surface area (Å²) >= 11 is 1.26. The molecule has 5 rings (SSSR count). The van der Waals surface area contributed by atoms with Gasteiger partial charge in [0, 0.05) is 30.9 Å². The van der Waals surface area contributed by atoms with Gasteiger partial charge in [-0.1, -0.05) is 12.1 Å². The van der Waals surface area contributed by atoms with Crippen LogP contribution < -0.4 is 10.2 Å². The highest BCUT2D eigenvalue weighted by atomic mass is 32.1. The Kier molecular flexibility index (Phi) is 4.24. The highest BCUT2D eigenvalue weighted by Gasteiger charge is 2.28. The molecule has 4 aromatic rings. The summed E-state index contributed by atoms with van der Waals surface area (Å²) in [7, 11) is 0. The SMILES string of the molecule is O=C(Nc1nc(CC(=O)N2CCn3c2nc2ccccc23)cs1)c1ncccn1. The van der Waals surface area contributed by atoms with Crippen molar-refractivity contribution in [1.29, 1.82) is 0 Å². The van der Waals surface area contributed by atoms with E-state index in [2.05, 4.69) is 29.8 Å². The van der Waals surface area contributed by atoms with Crippen molar-refractivity contribution in [1.82, 2.24) is 24.5 Å². The molecule has 0 spiro atoms. The highest BCUT2D eigenvalue weighted by molar-refractivity contribution is 7.14. The first kappa shape index (κ1) is 17.4. The van der Waals surface area contributed by atoms with Crippen LogP contribution in [-0.4, -0.2) is 42.9 Å². The van der Waals surface area contributed by atoms with E-state index in [1.54, 1.807) is 16.3 Å². The number of carbonyl (C=O) groups is 2. The van der Waals surface area contributed by atoms with Crippen LogP contribution in [0.2, 0.25) is 0 Å². The number of imidazole rings is 1. The molecule has 1 N–H and O–H groups in total. The standard InChI is InChI=1S/C19H15N7O2S/c27-15(26-9-8-25-14-5-2-1-4-13(14)23-19(25)26)10-12-11-29-18(22-12)24-17(28)16-20-6-3-7-21-16/h1-7,11H,8-10H2,(H,22,24,28). The van der Waals surface area contributed by atoms with E-state index in [-0.39, 0.29) is 18.2 Å². The van der Waals surface area contributed by atoms with Crippen molar-refractivity contribution in [2.24, 2.45) is 0 Å². The molecule has 2 amide bonds. The van der Waals surface area contributed by atoms with Crippen LogP contribution in [0.1, 0.15) is 16.3 Å². The maximum atomic E-state index is 12.8. The normalized spacial score (nSPS) is 12.9. The fourth-order valence-corrected chi connectivity index (χ4v) is 4.00. The molecule has 9 nitrogen and oxygen atoms in total. The molecule has 0 radical (unpaired) electrons. The molecule has 1 aliphatic rings. The number of fused-ring (bicyclic) bond motifs is 3. The van der Waals surface area contributed by atoms with Crippen LogP contribution in [-0.2, 0) is 17.8 Å². The molecule has 10 heteroatoms. The van der Waals surface area contributed by atoms with E-state index >= 15 is 0 Å². The van der Waals surface area contributed by atoms with E-state index < -0.39 is 5.91 Å². The van der Waals surface area contributed by atoms with Crippen LogP contribution in [0.5, 0.6) is 0 Å². The predicted molar refractivity (Wildman–Crippen MR) is 108 cm³/mol. The summed E-state index contributed by atoms with van der Waals surface area (Å²) < 4.78 is 2.06. The quantitative estimate of drug-likeness (QED) is 0.558. The van der Waals surface area contributed by atoms with E-state index in [1.807, 2.05) is 24.3 Å². The third-order valence-electron chi connectivity index (χ3n) is 4.60. The van der Waals surface area contributed by atoms with Crippen LogP contribution >= 0.6 is 11.3 Å². The first-order chi connectivity index (χ1) is 14.2. The molecule has 0 fully saturated rings. The molecule has 0 atom stereocenters. The summed E-state index contributed by atoms with van der Waals surface area (Å²) in [6.07, 6.45) is 3.13. The summed E-state index contributed by atoms with van der Waals surface area (Å²) in [6.45, 7) is 1.31. The van der Waals surface area contributed by atoms with E-state index in [4.69, 9.17) is 0 Å². The number of para-hydroxylation sites is 2. The maximum Gasteiger partial charge on any atom is 0.295 e. The minimum atomic E-state index is -0.439. The number of aromatic nitrogens is 5. The number of carbonyl (C=O) groups excluding carboxylic acids is 2. The molecule has 0 unspecified atom stereocenters. The van der Waals surface area contributed by atoms with E-state index in [0.717, 1.165) is 17.6 Å². The highest BCUT2D eigenvalue weighted by Crippen LogP contribution is 2.28. The number of hydrogen-bond donors (Lipinski definition) is 1. The van der Waals surface area contributed by atoms with Crippen LogP contribution in [0.25, 0.3) is 11.0 Å². The number of amides is 2. The lowest BCUT2D eigenvalue weighted by Gasteiger charge is -2.12. The van der Waals surface area contributed by atoms with E-state index in [1.165, 1.54) is 23.7 Å². The molecular weight excluding hydrogens is 390 g/mol. The fraction of sp³-hybridized carbons (Fsp3) is 0.158. The average Bonchev–Trinajstić information content (AvgIpc) is 3.44. The Balaban J connectivity index is 1.29. The summed E-state index contributed by atoms with van der Waals surface area (Å²) in [5, 5.41) is 4.82. The Hall–Kier alpha value is -3.66. The second-order valence-electron chi connectivity index (χ2n) is 6.44. The molecule has 1 aliphatic heterocycles. The number of rotatable bonds is 4. The molecule has 3 aromatic heterocycles. The summed E-state index contributed by atoms with van der Waals surface area (Å²) in [6, 6.07) is 9.48. The second-order valence-corrected chi connectivity index (χ2v) is 7.30. The van der Waals surface area contributed by atoms with Crippen molar-refractivity contribution >= 4 is 45.3 Å². The van der Waals surface area contributed by atoms with Crippen LogP contribution in [0.4, 0.5) is 11.1 Å². The van der Waals surface area contributed by atoms with Crippen molar-refractivity contribution < 1.29 is 9.59 Å². The molecular formula is C19H15N7O2S. The molecule has 1 aromatic carbocycles. The van der Waals surface area contributed by atoms with Gasteiger partial charge in [-0.25, -0.2) is 19.9 Å². The lowest BCUT2D eigenvalue weighted by Crippen LogP contribution is -2.31.